The fourth-order valence-corrected chi connectivity index (χ4v) is 4.54. The Morgan fingerprint density at radius 2 is 0.780 bits per heavy atom. The minimum atomic E-state index is -1.97. The first kappa shape index (κ1) is 56.7. The van der Waals surface area contributed by atoms with E-state index < -0.39 is 105 Å². The first-order valence-electron chi connectivity index (χ1n) is 19.3. The fourth-order valence-electron chi connectivity index (χ4n) is 4.54. The molecule has 0 aromatic carbocycles. The van der Waals surface area contributed by atoms with Gasteiger partial charge >= 0.3 is 0 Å². The Labute approximate surface area is 343 Å². The summed E-state index contributed by atoms with van der Waals surface area (Å²) in [6.07, 6.45) is -15.8. The Morgan fingerprint density at radius 1 is 0.441 bits per heavy atom. The smallest absolute Gasteiger partial charge is 0.242 e. The van der Waals surface area contributed by atoms with Crippen LogP contribution in [0.4, 0.5) is 0 Å². The molecule has 24 nitrogen and oxygen atoms in total. The molecule has 24 heteroatoms. The summed E-state index contributed by atoms with van der Waals surface area (Å²) < 4.78 is 42.6. The molecule has 0 bridgehead atoms. The van der Waals surface area contributed by atoms with Gasteiger partial charge in [-0.15, -0.1) is 0 Å². The molecule has 0 aliphatic carbocycles. The number of carbonyl (C=O) groups is 3. The van der Waals surface area contributed by atoms with E-state index in [1.54, 1.807) is 7.11 Å². The van der Waals surface area contributed by atoms with E-state index >= 15 is 0 Å². The highest BCUT2D eigenvalue weighted by molar-refractivity contribution is 5.88. The van der Waals surface area contributed by atoms with E-state index in [2.05, 4.69) is 16.0 Å². The normalized spacial score (nSPS) is 16.3. The first-order valence-corrected chi connectivity index (χ1v) is 19.3. The van der Waals surface area contributed by atoms with Crippen LogP contribution in [0, 0.1) is 0 Å². The van der Waals surface area contributed by atoms with Crippen LogP contribution in [0.25, 0.3) is 0 Å². The number of carbonyl (C=O) groups excluding carboxylic acids is 3. The molecule has 0 aromatic rings. The largest absolute Gasteiger partial charge is 0.394 e. The van der Waals surface area contributed by atoms with Gasteiger partial charge in [0, 0.05) is 33.0 Å². The van der Waals surface area contributed by atoms with Crippen molar-refractivity contribution in [3.05, 3.63) is 0 Å². The van der Waals surface area contributed by atoms with Gasteiger partial charge in [-0.25, -0.2) is 0 Å². The summed E-state index contributed by atoms with van der Waals surface area (Å²) in [6.45, 7) is 2.35. The van der Waals surface area contributed by atoms with Crippen LogP contribution in [0.15, 0.2) is 0 Å². The van der Waals surface area contributed by atoms with Crippen molar-refractivity contribution in [1.29, 1.82) is 0 Å². The zero-order valence-electron chi connectivity index (χ0n) is 33.7. The molecule has 0 radical (unpaired) electrons. The molecule has 0 saturated carbocycles. The van der Waals surface area contributed by atoms with Crippen LogP contribution in [0.3, 0.4) is 0 Å². The molecule has 350 valence electrons. The van der Waals surface area contributed by atoms with Crippen molar-refractivity contribution in [3.63, 3.8) is 0 Å². The van der Waals surface area contributed by atoms with Gasteiger partial charge < -0.3 is 105 Å². The first-order chi connectivity index (χ1) is 28.3. The third kappa shape index (κ3) is 29.6. The maximum Gasteiger partial charge on any atom is 0.242 e. The zero-order valence-corrected chi connectivity index (χ0v) is 33.7. The summed E-state index contributed by atoms with van der Waals surface area (Å²) in [5, 5.41) is 103. The van der Waals surface area contributed by atoms with Crippen LogP contribution in [-0.4, -0.2) is 256 Å². The number of ether oxygens (including phenoxy) is 8. The van der Waals surface area contributed by atoms with Gasteiger partial charge in [-0.1, -0.05) is 0 Å². The van der Waals surface area contributed by atoms with Crippen LogP contribution in [0.2, 0.25) is 0 Å². The number of aliphatic hydroxyl groups excluding tert-OH is 10. The Morgan fingerprint density at radius 3 is 1.15 bits per heavy atom. The van der Waals surface area contributed by atoms with Crippen molar-refractivity contribution in [2.75, 3.05) is 133 Å². The van der Waals surface area contributed by atoms with Crippen LogP contribution >= 0.6 is 0 Å². The Bertz CT molecular complexity index is 1040. The predicted octanol–water partition coefficient (Wildman–Crippen LogP) is -7.49. The van der Waals surface area contributed by atoms with E-state index in [9.17, 15) is 55.2 Å². The van der Waals surface area contributed by atoms with Gasteiger partial charge in [0.15, 0.2) is 0 Å². The number of hydrogen-bond donors (Lipinski definition) is 13. The topological polar surface area (TPSA) is 363 Å². The van der Waals surface area contributed by atoms with Gasteiger partial charge in [0.2, 0.25) is 17.7 Å². The number of methoxy groups -OCH3 is 1. The summed E-state index contributed by atoms with van der Waals surface area (Å²) in [4.78, 5) is 38.1. The number of amides is 3. The molecule has 9 atom stereocenters. The molecule has 0 aliphatic rings. The summed E-state index contributed by atoms with van der Waals surface area (Å²) >= 11 is 0. The summed E-state index contributed by atoms with van der Waals surface area (Å²) in [6, 6.07) is -1.38. The molecule has 0 fully saturated rings. The highest BCUT2D eigenvalue weighted by Gasteiger charge is 2.32. The molecule has 0 saturated heterocycles. The summed E-state index contributed by atoms with van der Waals surface area (Å²) in [5.74, 6) is -2.32. The van der Waals surface area contributed by atoms with E-state index in [-0.39, 0.29) is 39.3 Å². The molecule has 0 rings (SSSR count). The van der Waals surface area contributed by atoms with Crippen LogP contribution < -0.4 is 16.0 Å². The Balaban J connectivity index is 4.45. The maximum atomic E-state index is 13.0. The van der Waals surface area contributed by atoms with E-state index in [1.165, 1.54) is 0 Å². The van der Waals surface area contributed by atoms with Crippen LogP contribution in [-0.2, 0) is 52.3 Å². The highest BCUT2D eigenvalue weighted by atomic mass is 16.6. The van der Waals surface area contributed by atoms with Crippen molar-refractivity contribution in [1.82, 2.24) is 16.0 Å². The minimum Gasteiger partial charge on any atom is -0.394 e. The van der Waals surface area contributed by atoms with Gasteiger partial charge in [0.1, 0.15) is 42.7 Å². The van der Waals surface area contributed by atoms with Crippen molar-refractivity contribution in [2.24, 2.45) is 0 Å². The molecule has 0 unspecified atom stereocenters. The van der Waals surface area contributed by atoms with Crippen molar-refractivity contribution >= 4 is 17.7 Å². The molecule has 3 amide bonds. The number of nitrogens with one attached hydrogen (secondary N) is 3. The second-order valence-corrected chi connectivity index (χ2v) is 12.8. The van der Waals surface area contributed by atoms with Gasteiger partial charge in [0.05, 0.1) is 125 Å². The van der Waals surface area contributed by atoms with Gasteiger partial charge in [-0.05, 0) is 6.42 Å². The van der Waals surface area contributed by atoms with Gasteiger partial charge in [-0.2, -0.15) is 0 Å². The van der Waals surface area contributed by atoms with Gasteiger partial charge in [-0.3, -0.25) is 14.4 Å². The highest BCUT2D eigenvalue weighted by Crippen LogP contribution is 2.07. The molecular formula is C35H69N3O21. The molecule has 0 heterocycles. The lowest BCUT2D eigenvalue weighted by molar-refractivity contribution is -0.132. The number of rotatable bonds is 41. The minimum absolute atomic E-state index is 0.0636. The molecule has 13 N–H and O–H groups in total. The van der Waals surface area contributed by atoms with E-state index in [4.69, 9.17) is 48.1 Å². The zero-order chi connectivity index (χ0) is 44.3. The maximum absolute atomic E-state index is 13.0. The average Bonchev–Trinajstić information content (AvgIpc) is 3.24. The summed E-state index contributed by atoms with van der Waals surface area (Å²) in [5.41, 5.74) is 0. The van der Waals surface area contributed by atoms with Crippen molar-refractivity contribution in [3.8, 4) is 0 Å². The van der Waals surface area contributed by atoms with E-state index in [0.29, 0.717) is 72.7 Å². The average molecular weight is 868 g/mol. The lowest BCUT2D eigenvalue weighted by atomic mass is 10.0. The molecular weight excluding hydrogens is 798 g/mol. The monoisotopic (exact) mass is 867 g/mol. The third-order valence-corrected chi connectivity index (χ3v) is 8.09. The molecule has 0 spiro atoms. The summed E-state index contributed by atoms with van der Waals surface area (Å²) in [7, 11) is 1.61. The standard InChI is InChI=1S/C35H69N3O21/c1-52-6-7-54-10-11-56-14-15-58-18-19-59-17-16-57-13-12-55-9-8-53-5-4-30(46)38-24(35(51)37-21-26(42)32(48)34(50)28(44)23-40)2-3-29(45)36-20-25(41)31(47)33(49)27(43)22-39/h24-28,31-34,39-44,47-50H,2-23H2,1H3,(H,36,45)(H,37,51)(H,38,46)/t24-,25+,26+,27-,28-,31-,32-,33-,34-/m1/s1. The van der Waals surface area contributed by atoms with Crippen molar-refractivity contribution in [2.45, 2.75) is 74.1 Å². The SMILES string of the molecule is COCCOCCOCCOCCOCCOCCOCCOCCC(=O)N[C@H](CCC(=O)NC[C@H](O)[C@@H](O)[C@H](O)[C@H](O)CO)C(=O)NC[C@H](O)[C@@H](O)[C@H](O)[C@H](O)CO. The van der Waals surface area contributed by atoms with E-state index in [0.717, 1.165) is 0 Å². The molecule has 0 aliphatic heterocycles. The second kappa shape index (κ2) is 37.5. The van der Waals surface area contributed by atoms with Crippen molar-refractivity contribution < 1.29 is 103 Å². The van der Waals surface area contributed by atoms with Crippen LogP contribution in [0.5, 0.6) is 0 Å². The number of aliphatic hydroxyl groups is 10. The Hall–Kier alpha value is -2.31. The third-order valence-electron chi connectivity index (χ3n) is 8.09. The quantitative estimate of drug-likeness (QED) is 0.0254. The lowest BCUT2D eigenvalue weighted by Crippen LogP contribution is -2.53. The predicted molar refractivity (Wildman–Crippen MR) is 202 cm³/mol. The molecule has 59 heavy (non-hydrogen) atoms. The van der Waals surface area contributed by atoms with Crippen LogP contribution in [0.1, 0.15) is 19.3 Å². The van der Waals surface area contributed by atoms with E-state index in [1.807, 2.05) is 0 Å². The lowest BCUT2D eigenvalue weighted by Gasteiger charge is -2.26. The second-order valence-electron chi connectivity index (χ2n) is 12.8. The molecule has 0 aromatic heterocycles. The Kier molecular flexibility index (Phi) is 36.0. The fraction of sp³-hybridized carbons (Fsp3) is 0.914. The number of hydrogen-bond acceptors (Lipinski definition) is 21. The van der Waals surface area contributed by atoms with Gasteiger partial charge in [0.25, 0.3) is 0 Å².